The van der Waals surface area contributed by atoms with Crippen LogP contribution in [-0.4, -0.2) is 25.3 Å². The quantitative estimate of drug-likeness (QED) is 0.0705. The van der Waals surface area contributed by atoms with Crippen molar-refractivity contribution in [2.75, 3.05) is 13.2 Å². The molecule has 1 aromatic carbocycles. The summed E-state index contributed by atoms with van der Waals surface area (Å²) in [4.78, 5) is 17.6. The van der Waals surface area contributed by atoms with Gasteiger partial charge in [0, 0.05) is 30.8 Å². The summed E-state index contributed by atoms with van der Waals surface area (Å²) in [5.41, 5.74) is 0. The van der Waals surface area contributed by atoms with Crippen molar-refractivity contribution >= 4 is 81.6 Å². The summed E-state index contributed by atoms with van der Waals surface area (Å²) < 4.78 is 38.7. The fourth-order valence-electron chi connectivity index (χ4n) is 7.11. The average Bonchev–Trinajstić information content (AvgIpc) is 3.91. The molecule has 0 spiro atoms. The van der Waals surface area contributed by atoms with E-state index < -0.39 is 11.8 Å². The Labute approximate surface area is 333 Å². The molecule has 3 atom stereocenters. The molecule has 53 heavy (non-hydrogen) atoms. The van der Waals surface area contributed by atoms with Crippen molar-refractivity contribution in [1.82, 2.24) is 6.15 Å². The first-order chi connectivity index (χ1) is 25.2. The van der Waals surface area contributed by atoms with E-state index in [9.17, 15) is 4.79 Å². The zero-order chi connectivity index (χ0) is 37.4. The van der Waals surface area contributed by atoms with Crippen molar-refractivity contribution in [3.63, 3.8) is 0 Å². The third-order valence-electron chi connectivity index (χ3n) is 10.5. The number of hydrogen-bond acceptors (Lipinski definition) is 9. The van der Waals surface area contributed by atoms with Gasteiger partial charge in [-0.1, -0.05) is 99.3 Å². The Hall–Kier alpha value is -2.24. The van der Waals surface area contributed by atoms with Gasteiger partial charge in [0.05, 0.1) is 32.2 Å². The molecule has 0 saturated carbocycles. The molecule has 0 aliphatic heterocycles. The Kier molecular flexibility index (Phi) is 16.9. The summed E-state index contributed by atoms with van der Waals surface area (Å²) >= 11 is 6.31. The van der Waals surface area contributed by atoms with Crippen LogP contribution in [0.5, 0.6) is 11.5 Å². The van der Waals surface area contributed by atoms with E-state index in [-0.39, 0.29) is 17.1 Å². The Morgan fingerprint density at radius 3 is 2.00 bits per heavy atom. The van der Waals surface area contributed by atoms with Crippen LogP contribution in [0.25, 0.3) is 40.0 Å². The topological polar surface area (TPSA) is 79.8 Å². The Morgan fingerprint density at radius 2 is 1.34 bits per heavy atom. The van der Waals surface area contributed by atoms with Crippen molar-refractivity contribution in [2.24, 2.45) is 11.8 Å². The average molecular weight is 804 g/mol. The lowest BCUT2D eigenvalue weighted by atomic mass is 9.96. The third kappa shape index (κ3) is 9.96. The second kappa shape index (κ2) is 20.6. The molecule has 3 N–H and O–H groups in total. The van der Waals surface area contributed by atoms with E-state index in [0.717, 1.165) is 102 Å². The molecule has 5 nitrogen and oxygen atoms in total. The summed E-state index contributed by atoms with van der Waals surface area (Å²) in [6, 6.07) is 4.49. The Balaban J connectivity index is 0.00000627. The van der Waals surface area contributed by atoms with E-state index in [1.54, 1.807) is 34.0 Å². The van der Waals surface area contributed by atoms with E-state index in [4.69, 9.17) is 14.2 Å². The van der Waals surface area contributed by atoms with Gasteiger partial charge in [0.2, 0.25) is 0 Å². The monoisotopic (exact) mass is 803 g/mol. The number of halogens is 1. The molecular formula is C43H62FNO4S4. The molecule has 4 heterocycles. The third-order valence-corrected chi connectivity index (χ3v) is 15.3. The van der Waals surface area contributed by atoms with Crippen LogP contribution in [0, 0.1) is 31.5 Å². The SMILES string of the molecule is CCCCC(CC)CCOc1c2cc(C)sc2c(OCC(CC)CCCC)c2cc(-c3sc(C)c4c(F)c(C(=O)OC(CC)CCCC)sc34)sc12.N. The van der Waals surface area contributed by atoms with Crippen LogP contribution in [-0.2, 0) is 4.74 Å². The van der Waals surface area contributed by atoms with Crippen LogP contribution >= 0.6 is 45.3 Å². The molecule has 4 aromatic heterocycles. The molecule has 0 saturated heterocycles. The molecule has 0 bridgehead atoms. The minimum absolute atomic E-state index is 0. The van der Waals surface area contributed by atoms with Crippen molar-refractivity contribution in [1.29, 1.82) is 0 Å². The number of unbranched alkanes of at least 4 members (excludes halogenated alkanes) is 3. The maximum atomic E-state index is 16.1. The fourth-order valence-corrected chi connectivity index (χ4v) is 11.9. The molecule has 0 radical (unpaired) electrons. The zero-order valence-electron chi connectivity index (χ0n) is 33.3. The zero-order valence-corrected chi connectivity index (χ0v) is 36.6. The molecule has 5 aromatic rings. The number of esters is 1. The van der Waals surface area contributed by atoms with Crippen LogP contribution in [0.4, 0.5) is 4.39 Å². The second-order valence-corrected chi connectivity index (χ2v) is 19.0. The minimum Gasteiger partial charge on any atom is -0.491 e. The summed E-state index contributed by atoms with van der Waals surface area (Å²) in [5.74, 6) is 2.02. The van der Waals surface area contributed by atoms with Gasteiger partial charge < -0.3 is 20.4 Å². The maximum Gasteiger partial charge on any atom is 0.351 e. The van der Waals surface area contributed by atoms with E-state index in [0.29, 0.717) is 30.4 Å². The van der Waals surface area contributed by atoms with Gasteiger partial charge in [-0.15, -0.1) is 45.3 Å². The lowest BCUT2D eigenvalue weighted by Crippen LogP contribution is -2.17. The molecule has 5 rings (SSSR count). The number of carbonyl (C=O) groups excluding carboxylic acids is 1. The van der Waals surface area contributed by atoms with Crippen molar-refractivity contribution in [3.05, 3.63) is 32.6 Å². The van der Waals surface area contributed by atoms with Gasteiger partial charge in [-0.05, 0) is 63.5 Å². The number of hydrogen-bond donors (Lipinski definition) is 1. The summed E-state index contributed by atoms with van der Waals surface area (Å²) in [5, 5.41) is 2.72. The molecule has 294 valence electrons. The summed E-state index contributed by atoms with van der Waals surface area (Å²) in [6.07, 6.45) is 13.9. The lowest BCUT2D eigenvalue weighted by Gasteiger charge is -2.19. The van der Waals surface area contributed by atoms with Gasteiger partial charge in [0.25, 0.3) is 0 Å². The van der Waals surface area contributed by atoms with Crippen molar-refractivity contribution in [2.45, 2.75) is 145 Å². The second-order valence-electron chi connectivity index (χ2n) is 14.4. The van der Waals surface area contributed by atoms with Crippen LogP contribution in [0.15, 0.2) is 12.1 Å². The first-order valence-electron chi connectivity index (χ1n) is 19.9. The smallest absolute Gasteiger partial charge is 0.351 e. The van der Waals surface area contributed by atoms with E-state index >= 15 is 4.39 Å². The van der Waals surface area contributed by atoms with Crippen molar-refractivity contribution < 1.29 is 23.4 Å². The number of fused-ring (bicyclic) bond motifs is 3. The van der Waals surface area contributed by atoms with Gasteiger partial charge in [0.15, 0.2) is 5.82 Å². The Morgan fingerprint density at radius 1 is 0.717 bits per heavy atom. The standard InChI is InChI=1S/C43H59FO4S4.H3N/c1-9-15-18-28(12-4)21-22-46-36-31-23-26(7)49-38(31)37(47-25-29(13-5)19-16-10-2)32-24-33(51-39(32)36)40-41-34(27(8)50-40)35(44)42(52-41)43(45)48-30(14-6)20-17-11-3;/h23-24,28-30H,9-22,25H2,1-8H3;1H3. The number of ether oxygens (including phenoxy) is 3. The molecule has 0 aliphatic rings. The maximum absolute atomic E-state index is 16.1. The van der Waals surface area contributed by atoms with Crippen LogP contribution in [0.3, 0.4) is 0 Å². The van der Waals surface area contributed by atoms with Gasteiger partial charge in [-0.3, -0.25) is 0 Å². The highest BCUT2D eigenvalue weighted by Crippen LogP contribution is 2.54. The number of carbonyl (C=O) groups is 1. The fraction of sp³-hybridized carbons (Fsp3) is 0.605. The normalized spacial score (nSPS) is 13.5. The first-order valence-corrected chi connectivity index (χ1v) is 23.1. The van der Waals surface area contributed by atoms with Crippen LogP contribution < -0.4 is 15.6 Å². The molecule has 0 aliphatic carbocycles. The van der Waals surface area contributed by atoms with Gasteiger partial charge in [-0.25, -0.2) is 9.18 Å². The predicted octanol–water partition coefficient (Wildman–Crippen LogP) is 15.7. The number of aryl methyl sites for hydroxylation is 2. The highest BCUT2D eigenvalue weighted by atomic mass is 32.1. The van der Waals surface area contributed by atoms with Gasteiger partial charge in [0.1, 0.15) is 22.5 Å². The summed E-state index contributed by atoms with van der Waals surface area (Å²) in [6.45, 7) is 18.7. The Bertz CT molecular complexity index is 1920. The van der Waals surface area contributed by atoms with Crippen LogP contribution in [0.1, 0.15) is 144 Å². The summed E-state index contributed by atoms with van der Waals surface area (Å²) in [7, 11) is 0. The minimum atomic E-state index is -0.548. The molecular weight excluding hydrogens is 742 g/mol. The highest BCUT2D eigenvalue weighted by molar-refractivity contribution is 7.31. The predicted molar refractivity (Wildman–Crippen MR) is 232 cm³/mol. The largest absolute Gasteiger partial charge is 0.491 e. The van der Waals surface area contributed by atoms with Crippen molar-refractivity contribution in [3.8, 4) is 21.3 Å². The lowest BCUT2D eigenvalue weighted by molar-refractivity contribution is 0.0269. The van der Waals surface area contributed by atoms with E-state index in [1.165, 1.54) is 48.3 Å². The van der Waals surface area contributed by atoms with Crippen LogP contribution in [0.2, 0.25) is 0 Å². The molecule has 10 heteroatoms. The molecule has 3 unspecified atom stereocenters. The first kappa shape index (κ1) is 43.5. The highest BCUT2D eigenvalue weighted by Gasteiger charge is 2.29. The number of benzene rings is 1. The number of thiophene rings is 4. The van der Waals surface area contributed by atoms with Gasteiger partial charge >= 0.3 is 5.97 Å². The van der Waals surface area contributed by atoms with E-state index in [2.05, 4.69) is 53.7 Å². The molecule has 0 fully saturated rings. The number of rotatable bonds is 22. The molecule has 0 amide bonds. The van der Waals surface area contributed by atoms with Gasteiger partial charge in [-0.2, -0.15) is 0 Å². The van der Waals surface area contributed by atoms with E-state index in [1.807, 2.05) is 13.8 Å².